The Kier molecular flexibility index (Phi) is 6.68. The summed E-state index contributed by atoms with van der Waals surface area (Å²) in [4.78, 5) is 26.4. The Hall–Kier alpha value is -4.74. The van der Waals surface area contributed by atoms with Crippen LogP contribution in [0.3, 0.4) is 0 Å². The summed E-state index contributed by atoms with van der Waals surface area (Å²) in [5.74, 6) is -0.769. The first-order valence-corrected chi connectivity index (χ1v) is 13.0. The molecule has 2 N–H and O–H groups in total. The van der Waals surface area contributed by atoms with Crippen molar-refractivity contribution in [1.29, 1.82) is 0 Å². The van der Waals surface area contributed by atoms with Crippen molar-refractivity contribution in [3.05, 3.63) is 53.1 Å². The van der Waals surface area contributed by atoms with Gasteiger partial charge < -0.3 is 43.4 Å². The van der Waals surface area contributed by atoms with Crippen molar-refractivity contribution in [2.75, 3.05) is 34.7 Å². The number of methoxy groups -OCH3 is 3. The molecule has 1 aliphatic carbocycles. The molecule has 2 aliphatic heterocycles. The fourth-order valence-corrected chi connectivity index (χ4v) is 6.02. The Bertz CT molecular complexity index is 1470. The van der Waals surface area contributed by atoms with Crippen molar-refractivity contribution in [3.8, 4) is 40.5 Å². The molecule has 0 unspecified atom stereocenters. The van der Waals surface area contributed by atoms with E-state index in [1.54, 1.807) is 18.2 Å². The van der Waals surface area contributed by atoms with Gasteiger partial charge in [0.05, 0.1) is 40.3 Å². The van der Waals surface area contributed by atoms with E-state index in [4.69, 9.17) is 33.2 Å². The highest BCUT2D eigenvalue weighted by Crippen LogP contribution is 2.56. The number of nitrogens with zero attached hydrogens (tertiary/aromatic N) is 1. The number of cyclic esters (lactones) is 1. The van der Waals surface area contributed by atoms with Crippen LogP contribution in [0.2, 0.25) is 0 Å². The van der Waals surface area contributed by atoms with Gasteiger partial charge in [-0.25, -0.2) is 0 Å². The molecule has 0 radical (unpaired) electrons. The van der Waals surface area contributed by atoms with Crippen LogP contribution in [-0.2, 0) is 25.6 Å². The van der Waals surface area contributed by atoms with Gasteiger partial charge in [-0.1, -0.05) is 0 Å². The first kappa shape index (κ1) is 26.5. The molecule has 216 valence electrons. The third-order valence-electron chi connectivity index (χ3n) is 7.90. The van der Waals surface area contributed by atoms with Gasteiger partial charge in [-0.05, 0) is 35.4 Å². The number of carbonyl (C=O) groups excluding carboxylic acids is 2. The van der Waals surface area contributed by atoms with Gasteiger partial charge in [0.25, 0.3) is 0 Å². The average molecular weight is 568 g/mol. The predicted octanol–water partition coefficient (Wildman–Crippen LogP) is 3.26. The van der Waals surface area contributed by atoms with Crippen molar-refractivity contribution in [1.82, 2.24) is 4.57 Å². The topological polar surface area (TPSA) is 144 Å². The molecular formula is C29H29NO11. The lowest BCUT2D eigenvalue weighted by atomic mass is 9.66. The van der Waals surface area contributed by atoms with Crippen molar-refractivity contribution >= 4 is 11.9 Å². The number of esters is 2. The SMILES string of the molecule is COc1cc([C@@H]2c3cc4c(cc3[C@H](OC(=O)CCn3c(O)ccc3O)[C@H]3COC(=O)[C@H]23)OCO4)cc(OC)c1OC. The summed E-state index contributed by atoms with van der Waals surface area (Å²) in [5.41, 5.74) is 2.09. The smallest absolute Gasteiger partial charge is 0.310 e. The molecule has 4 atom stereocenters. The van der Waals surface area contributed by atoms with Crippen molar-refractivity contribution in [3.63, 3.8) is 0 Å². The minimum atomic E-state index is -0.825. The van der Waals surface area contributed by atoms with Crippen LogP contribution in [0.1, 0.15) is 35.1 Å². The second kappa shape index (κ2) is 10.3. The number of rotatable bonds is 8. The molecule has 0 amide bonds. The molecule has 2 aromatic carbocycles. The summed E-state index contributed by atoms with van der Waals surface area (Å²) >= 11 is 0. The predicted molar refractivity (Wildman–Crippen MR) is 140 cm³/mol. The molecule has 3 heterocycles. The Morgan fingerprint density at radius 3 is 2.17 bits per heavy atom. The lowest BCUT2D eigenvalue weighted by molar-refractivity contribution is -0.154. The summed E-state index contributed by atoms with van der Waals surface area (Å²) in [6.07, 6.45) is -0.956. The molecular weight excluding hydrogens is 538 g/mol. The van der Waals surface area contributed by atoms with E-state index >= 15 is 0 Å². The van der Waals surface area contributed by atoms with Crippen molar-refractivity contribution < 1.29 is 53.0 Å². The molecule has 12 heteroatoms. The summed E-state index contributed by atoms with van der Waals surface area (Å²) in [7, 11) is 4.55. The molecule has 1 saturated heterocycles. The van der Waals surface area contributed by atoms with E-state index in [1.165, 1.54) is 38.0 Å². The number of aromatic hydroxyl groups is 2. The fourth-order valence-electron chi connectivity index (χ4n) is 6.02. The van der Waals surface area contributed by atoms with Gasteiger partial charge in [0.2, 0.25) is 12.5 Å². The second-order valence-corrected chi connectivity index (χ2v) is 9.95. The standard InChI is InChI=1S/C29H29NO11/c1-35-20-8-14(9-21(36-2)28(20)37-3)25-15-10-18-19(40-13-39-18)11-16(15)27(17-12-38-29(34)26(17)25)41-24(33)6-7-30-22(31)4-5-23(30)32/h4-5,8-11,17,25-27,31-32H,6-7,12-13H2,1-3H3/t17-,25+,26-,27-/m0/s1. The summed E-state index contributed by atoms with van der Waals surface area (Å²) in [5, 5.41) is 19.9. The van der Waals surface area contributed by atoms with Crippen LogP contribution in [0.4, 0.5) is 0 Å². The van der Waals surface area contributed by atoms with Gasteiger partial charge in [-0.2, -0.15) is 0 Å². The van der Waals surface area contributed by atoms with Crippen molar-refractivity contribution in [2.45, 2.75) is 25.0 Å². The number of aromatic nitrogens is 1. The number of hydrogen-bond donors (Lipinski definition) is 2. The van der Waals surface area contributed by atoms with E-state index in [2.05, 4.69) is 0 Å². The molecule has 3 aromatic rings. The number of ether oxygens (including phenoxy) is 7. The lowest BCUT2D eigenvalue weighted by Crippen LogP contribution is -2.36. The van der Waals surface area contributed by atoms with E-state index in [0.717, 1.165) is 5.56 Å². The zero-order valence-corrected chi connectivity index (χ0v) is 22.6. The summed E-state index contributed by atoms with van der Waals surface area (Å²) < 4.78 is 40.7. The van der Waals surface area contributed by atoms with Gasteiger partial charge >= 0.3 is 11.9 Å². The highest BCUT2D eigenvalue weighted by Gasteiger charge is 2.54. The molecule has 41 heavy (non-hydrogen) atoms. The quantitative estimate of drug-likeness (QED) is 0.387. The third-order valence-corrected chi connectivity index (χ3v) is 7.90. The van der Waals surface area contributed by atoms with E-state index in [9.17, 15) is 19.8 Å². The van der Waals surface area contributed by atoms with Crippen LogP contribution in [0, 0.1) is 11.8 Å². The van der Waals surface area contributed by atoms with Crippen LogP contribution in [-0.4, -0.2) is 61.4 Å². The normalized spacial score (nSPS) is 22.0. The van der Waals surface area contributed by atoms with E-state index < -0.39 is 35.8 Å². The van der Waals surface area contributed by atoms with Gasteiger partial charge in [-0.15, -0.1) is 0 Å². The lowest BCUT2D eigenvalue weighted by Gasteiger charge is -2.38. The van der Waals surface area contributed by atoms with Gasteiger partial charge in [0.15, 0.2) is 34.8 Å². The molecule has 0 spiro atoms. The summed E-state index contributed by atoms with van der Waals surface area (Å²) in [6.45, 7) is 0.0908. The zero-order valence-electron chi connectivity index (χ0n) is 22.6. The van der Waals surface area contributed by atoms with Crippen molar-refractivity contribution in [2.24, 2.45) is 11.8 Å². The molecule has 0 saturated carbocycles. The monoisotopic (exact) mass is 567 g/mol. The van der Waals surface area contributed by atoms with Gasteiger partial charge in [-0.3, -0.25) is 14.2 Å². The van der Waals surface area contributed by atoms with Crippen LogP contribution < -0.4 is 23.7 Å². The molecule has 0 bridgehead atoms. The van der Waals surface area contributed by atoms with Gasteiger partial charge in [0.1, 0.15) is 6.10 Å². The zero-order chi connectivity index (χ0) is 28.8. The first-order valence-electron chi connectivity index (χ1n) is 13.0. The Balaban J connectivity index is 1.42. The highest BCUT2D eigenvalue weighted by molar-refractivity contribution is 5.79. The minimum absolute atomic E-state index is 0.00179. The maximum Gasteiger partial charge on any atom is 0.310 e. The first-order chi connectivity index (χ1) is 19.8. The van der Waals surface area contributed by atoms with Crippen LogP contribution in [0.25, 0.3) is 0 Å². The van der Waals surface area contributed by atoms with Crippen LogP contribution >= 0.6 is 0 Å². The molecule has 12 nitrogen and oxygen atoms in total. The molecule has 3 aliphatic rings. The Morgan fingerprint density at radius 2 is 1.56 bits per heavy atom. The number of hydrogen-bond acceptors (Lipinski definition) is 11. The largest absolute Gasteiger partial charge is 0.494 e. The van der Waals surface area contributed by atoms with Crippen LogP contribution in [0.15, 0.2) is 36.4 Å². The molecule has 1 fully saturated rings. The van der Waals surface area contributed by atoms with E-state index in [0.29, 0.717) is 39.9 Å². The maximum absolute atomic E-state index is 13.3. The minimum Gasteiger partial charge on any atom is -0.494 e. The maximum atomic E-state index is 13.3. The molecule has 1 aromatic heterocycles. The fraction of sp³-hybridized carbons (Fsp3) is 0.379. The van der Waals surface area contributed by atoms with Gasteiger partial charge in [0, 0.05) is 36.1 Å². The average Bonchev–Trinajstić information content (AvgIpc) is 3.68. The number of fused-ring (bicyclic) bond motifs is 3. The van der Waals surface area contributed by atoms with E-state index in [-0.39, 0.29) is 38.1 Å². The highest BCUT2D eigenvalue weighted by atomic mass is 16.7. The Morgan fingerprint density at radius 1 is 0.927 bits per heavy atom. The number of benzene rings is 2. The van der Waals surface area contributed by atoms with E-state index in [1.807, 2.05) is 6.07 Å². The second-order valence-electron chi connectivity index (χ2n) is 9.95. The molecule has 6 rings (SSSR count). The van der Waals surface area contributed by atoms with Crippen LogP contribution in [0.5, 0.6) is 40.5 Å². The summed E-state index contributed by atoms with van der Waals surface area (Å²) in [6, 6.07) is 9.84. The third kappa shape index (κ3) is 4.39. The Labute approximate surface area is 234 Å². The number of carbonyl (C=O) groups is 2.